The molecule has 0 unspecified atom stereocenters. The summed E-state index contributed by atoms with van der Waals surface area (Å²) in [7, 11) is 0. The van der Waals surface area contributed by atoms with Crippen LogP contribution in [0.25, 0.3) is 0 Å². The molecule has 1 N–H and O–H groups in total. The average Bonchev–Trinajstić information content (AvgIpc) is 2.17. The van der Waals surface area contributed by atoms with E-state index < -0.39 is 0 Å². The van der Waals surface area contributed by atoms with Crippen molar-refractivity contribution in [1.82, 2.24) is 10.2 Å². The molecule has 0 aromatic carbocycles. The molecule has 0 saturated carbocycles. The van der Waals surface area contributed by atoms with E-state index in [2.05, 4.69) is 22.1 Å². The molecule has 1 saturated heterocycles. The Kier molecular flexibility index (Phi) is 4.40. The Hall–Kier alpha value is -0.960. The lowest BCUT2D eigenvalue weighted by atomic mass is 10.1. The minimum Gasteiger partial charge on any atom is -0.303 e. The molecular weight excluding hydrogens is 160 g/mol. The zero-order valence-electron chi connectivity index (χ0n) is 7.92. The number of rotatable bonds is 3. The van der Waals surface area contributed by atoms with Crippen molar-refractivity contribution in [3.05, 3.63) is 0 Å². The highest BCUT2D eigenvalue weighted by atomic mass is 15.1. The summed E-state index contributed by atoms with van der Waals surface area (Å²) in [5.41, 5.74) is 0. The summed E-state index contributed by atoms with van der Waals surface area (Å²) in [6.07, 6.45) is 12.7. The van der Waals surface area contributed by atoms with Gasteiger partial charge in [0.15, 0.2) is 0 Å². The highest BCUT2D eigenvalue weighted by Gasteiger charge is 2.16. The Labute approximate surface area is 80.7 Å². The maximum atomic E-state index is 5.24. The molecule has 1 fully saturated rings. The summed E-state index contributed by atoms with van der Waals surface area (Å²) >= 11 is 0. The smallest absolute Gasteiger partial charge is 0.0598 e. The standard InChI is InChI=1S/C11H16N2/c1-3-7-12-11-5-9-13(8-4-2)10-6-11/h1-2,11-12H,5-10H2. The lowest BCUT2D eigenvalue weighted by Gasteiger charge is -2.30. The molecule has 0 aromatic heterocycles. The van der Waals surface area contributed by atoms with Crippen molar-refractivity contribution in [3.8, 4) is 24.7 Å². The summed E-state index contributed by atoms with van der Waals surface area (Å²) in [6, 6.07) is 0.588. The van der Waals surface area contributed by atoms with Crippen LogP contribution in [0.3, 0.4) is 0 Å². The van der Waals surface area contributed by atoms with Crippen molar-refractivity contribution < 1.29 is 0 Å². The fourth-order valence-corrected chi connectivity index (χ4v) is 1.63. The normalized spacial score (nSPS) is 19.2. The largest absolute Gasteiger partial charge is 0.303 e. The number of hydrogen-bond acceptors (Lipinski definition) is 2. The third-order valence-corrected chi connectivity index (χ3v) is 2.40. The number of piperidine rings is 1. The second-order valence-electron chi connectivity index (χ2n) is 3.34. The first-order chi connectivity index (χ1) is 6.36. The molecule has 0 aliphatic carbocycles. The van der Waals surface area contributed by atoms with Crippen molar-refractivity contribution in [2.75, 3.05) is 26.2 Å². The first-order valence-electron chi connectivity index (χ1n) is 4.69. The van der Waals surface area contributed by atoms with Crippen LogP contribution in [-0.2, 0) is 0 Å². The Morgan fingerprint density at radius 1 is 1.23 bits per heavy atom. The third-order valence-electron chi connectivity index (χ3n) is 2.40. The third kappa shape index (κ3) is 3.51. The van der Waals surface area contributed by atoms with E-state index in [0.717, 1.165) is 32.5 Å². The van der Waals surface area contributed by atoms with E-state index in [1.807, 2.05) is 0 Å². The van der Waals surface area contributed by atoms with E-state index in [1.165, 1.54) is 0 Å². The molecule has 1 rings (SSSR count). The van der Waals surface area contributed by atoms with Gasteiger partial charge >= 0.3 is 0 Å². The molecule has 1 heterocycles. The summed E-state index contributed by atoms with van der Waals surface area (Å²) in [5.74, 6) is 5.26. The molecule has 1 aliphatic rings. The van der Waals surface area contributed by atoms with Crippen molar-refractivity contribution in [1.29, 1.82) is 0 Å². The van der Waals surface area contributed by atoms with E-state index in [0.29, 0.717) is 12.6 Å². The van der Waals surface area contributed by atoms with E-state index in [9.17, 15) is 0 Å². The average molecular weight is 176 g/mol. The van der Waals surface area contributed by atoms with Gasteiger partial charge in [-0.1, -0.05) is 11.8 Å². The summed E-state index contributed by atoms with van der Waals surface area (Å²) in [5, 5.41) is 3.32. The van der Waals surface area contributed by atoms with Gasteiger partial charge in [-0.3, -0.25) is 4.90 Å². The Balaban J connectivity index is 2.16. The van der Waals surface area contributed by atoms with E-state index in [4.69, 9.17) is 12.8 Å². The fourth-order valence-electron chi connectivity index (χ4n) is 1.63. The van der Waals surface area contributed by atoms with Gasteiger partial charge in [0.05, 0.1) is 13.1 Å². The van der Waals surface area contributed by atoms with Gasteiger partial charge in [-0.05, 0) is 12.8 Å². The Morgan fingerprint density at radius 2 is 1.92 bits per heavy atom. The first kappa shape index (κ1) is 10.1. The highest BCUT2D eigenvalue weighted by molar-refractivity contribution is 4.92. The zero-order chi connectivity index (χ0) is 9.52. The molecule has 0 atom stereocenters. The minimum atomic E-state index is 0.588. The molecule has 0 bridgehead atoms. The van der Waals surface area contributed by atoms with E-state index in [1.54, 1.807) is 0 Å². The number of terminal acetylenes is 2. The van der Waals surface area contributed by atoms with Gasteiger partial charge in [-0.2, -0.15) is 0 Å². The van der Waals surface area contributed by atoms with Gasteiger partial charge in [-0.25, -0.2) is 0 Å². The van der Waals surface area contributed by atoms with Crippen LogP contribution in [0.2, 0.25) is 0 Å². The molecule has 13 heavy (non-hydrogen) atoms. The van der Waals surface area contributed by atoms with Crippen LogP contribution >= 0.6 is 0 Å². The van der Waals surface area contributed by atoms with Gasteiger partial charge < -0.3 is 5.32 Å². The monoisotopic (exact) mass is 176 g/mol. The molecule has 1 aliphatic heterocycles. The second-order valence-corrected chi connectivity index (χ2v) is 3.34. The van der Waals surface area contributed by atoms with Crippen LogP contribution in [0.5, 0.6) is 0 Å². The Bertz CT molecular complexity index is 213. The maximum Gasteiger partial charge on any atom is 0.0598 e. The van der Waals surface area contributed by atoms with Crippen LogP contribution in [0.15, 0.2) is 0 Å². The SMILES string of the molecule is C#CCNC1CCN(CC#C)CC1. The van der Waals surface area contributed by atoms with Crippen LogP contribution in [0.1, 0.15) is 12.8 Å². The first-order valence-corrected chi connectivity index (χ1v) is 4.69. The second kappa shape index (κ2) is 5.65. The quantitative estimate of drug-likeness (QED) is 0.622. The Morgan fingerprint density at radius 3 is 2.46 bits per heavy atom. The maximum absolute atomic E-state index is 5.24. The van der Waals surface area contributed by atoms with E-state index >= 15 is 0 Å². The summed E-state index contributed by atoms with van der Waals surface area (Å²) in [4.78, 5) is 2.30. The molecule has 2 heteroatoms. The van der Waals surface area contributed by atoms with Crippen molar-refractivity contribution in [3.63, 3.8) is 0 Å². The van der Waals surface area contributed by atoms with Gasteiger partial charge in [0.25, 0.3) is 0 Å². The molecular formula is C11H16N2. The fraction of sp³-hybridized carbons (Fsp3) is 0.636. The van der Waals surface area contributed by atoms with Crippen molar-refractivity contribution >= 4 is 0 Å². The molecule has 0 amide bonds. The predicted molar refractivity (Wildman–Crippen MR) is 55.1 cm³/mol. The van der Waals surface area contributed by atoms with Gasteiger partial charge in [0, 0.05) is 19.1 Å². The highest BCUT2D eigenvalue weighted by Crippen LogP contribution is 2.08. The van der Waals surface area contributed by atoms with Gasteiger partial charge in [0.2, 0.25) is 0 Å². The molecule has 2 nitrogen and oxygen atoms in total. The zero-order valence-corrected chi connectivity index (χ0v) is 7.92. The topological polar surface area (TPSA) is 15.3 Å². The lowest BCUT2D eigenvalue weighted by Crippen LogP contribution is -2.42. The van der Waals surface area contributed by atoms with Gasteiger partial charge in [0.1, 0.15) is 0 Å². The van der Waals surface area contributed by atoms with Gasteiger partial charge in [-0.15, -0.1) is 12.8 Å². The summed E-state index contributed by atoms with van der Waals surface area (Å²) in [6.45, 7) is 3.64. The number of likely N-dealkylation sites (tertiary alicyclic amines) is 1. The van der Waals surface area contributed by atoms with Crippen LogP contribution in [0, 0.1) is 24.7 Å². The minimum absolute atomic E-state index is 0.588. The molecule has 0 aromatic rings. The molecule has 0 radical (unpaired) electrons. The van der Waals surface area contributed by atoms with Crippen molar-refractivity contribution in [2.45, 2.75) is 18.9 Å². The molecule has 70 valence electrons. The van der Waals surface area contributed by atoms with Crippen LogP contribution in [-0.4, -0.2) is 37.1 Å². The molecule has 0 spiro atoms. The lowest BCUT2D eigenvalue weighted by molar-refractivity contribution is 0.221. The summed E-state index contributed by atoms with van der Waals surface area (Å²) < 4.78 is 0. The number of hydrogen-bond donors (Lipinski definition) is 1. The number of nitrogens with zero attached hydrogens (tertiary/aromatic N) is 1. The van der Waals surface area contributed by atoms with E-state index in [-0.39, 0.29) is 0 Å². The van der Waals surface area contributed by atoms with Crippen LogP contribution < -0.4 is 5.32 Å². The van der Waals surface area contributed by atoms with Crippen molar-refractivity contribution in [2.24, 2.45) is 0 Å². The van der Waals surface area contributed by atoms with Crippen LogP contribution in [0.4, 0.5) is 0 Å². The predicted octanol–water partition coefficient (Wildman–Crippen LogP) is 0.307. The number of nitrogens with one attached hydrogen (secondary N) is 1.